The molecule has 1 aliphatic heterocycles. The van der Waals surface area contributed by atoms with Gasteiger partial charge in [-0.3, -0.25) is 10.2 Å². The minimum Gasteiger partial charge on any atom is -0.496 e. The zero-order valence-electron chi connectivity index (χ0n) is 12.0. The van der Waals surface area contributed by atoms with Crippen molar-refractivity contribution in [3.63, 3.8) is 0 Å². The van der Waals surface area contributed by atoms with Gasteiger partial charge in [-0.25, -0.2) is 5.43 Å². The van der Waals surface area contributed by atoms with E-state index in [1.165, 1.54) is 4.90 Å². The zero-order chi connectivity index (χ0) is 14.5. The van der Waals surface area contributed by atoms with Crippen LogP contribution in [0.2, 0.25) is 0 Å². The van der Waals surface area contributed by atoms with Crippen LogP contribution in [0.4, 0.5) is 0 Å². The van der Waals surface area contributed by atoms with E-state index >= 15 is 0 Å². The lowest BCUT2D eigenvalue weighted by molar-refractivity contribution is -0.125. The molecule has 0 radical (unpaired) electrons. The van der Waals surface area contributed by atoms with Gasteiger partial charge in [-0.15, -0.1) is 11.8 Å². The fraction of sp³-hybridized carbons (Fsp3) is 0.400. The Morgan fingerprint density at radius 3 is 2.90 bits per heavy atom. The van der Waals surface area contributed by atoms with Crippen LogP contribution in [0.1, 0.15) is 18.9 Å². The smallest absolute Gasteiger partial charge is 0.234 e. The molecule has 0 bridgehead atoms. The number of ether oxygens (including phenoxy) is 1. The third-order valence-corrected chi connectivity index (χ3v) is 4.14. The van der Waals surface area contributed by atoms with E-state index < -0.39 is 0 Å². The molecule has 108 valence electrons. The molecule has 2 rings (SSSR count). The number of hydrogen-bond donors (Lipinski definition) is 2. The molecule has 1 amide bonds. The average molecular weight is 292 g/mol. The highest BCUT2D eigenvalue weighted by molar-refractivity contribution is 7.98. The Kier molecular flexibility index (Phi) is 5.09. The van der Waals surface area contributed by atoms with Crippen LogP contribution in [0.25, 0.3) is 6.08 Å². The van der Waals surface area contributed by atoms with Crippen LogP contribution >= 0.6 is 11.8 Å². The van der Waals surface area contributed by atoms with Gasteiger partial charge in [0.1, 0.15) is 5.75 Å². The van der Waals surface area contributed by atoms with Crippen molar-refractivity contribution in [2.75, 3.05) is 13.4 Å². The van der Waals surface area contributed by atoms with Crippen LogP contribution in [-0.4, -0.2) is 25.3 Å². The molecule has 2 N–H and O–H groups in total. The summed E-state index contributed by atoms with van der Waals surface area (Å²) in [5.41, 5.74) is 6.74. The summed E-state index contributed by atoms with van der Waals surface area (Å²) in [6.07, 6.45) is 6.72. The molecule has 0 aliphatic carbocycles. The summed E-state index contributed by atoms with van der Waals surface area (Å²) in [6, 6.07) is 6.26. The molecular weight excluding hydrogens is 272 g/mol. The number of rotatable bonds is 4. The van der Waals surface area contributed by atoms with Crippen LogP contribution in [0.15, 0.2) is 29.2 Å². The standard InChI is InChI=1S/C15H20N2O2S/c1-10-8-15(18)17-16-13(10)6-4-11-9-12(20-3)5-7-14(11)19-2/h4-7,9-10,13,16H,8H2,1-3H3,(H,17,18)/b6-4+. The maximum Gasteiger partial charge on any atom is 0.234 e. The van der Waals surface area contributed by atoms with Crippen LogP contribution in [0, 0.1) is 5.92 Å². The molecule has 0 spiro atoms. The first-order valence-corrected chi connectivity index (χ1v) is 7.81. The maximum absolute atomic E-state index is 11.3. The van der Waals surface area contributed by atoms with Crippen molar-refractivity contribution in [2.24, 2.45) is 5.92 Å². The topological polar surface area (TPSA) is 50.4 Å². The van der Waals surface area contributed by atoms with Crippen molar-refractivity contribution in [2.45, 2.75) is 24.3 Å². The zero-order valence-corrected chi connectivity index (χ0v) is 12.8. The van der Waals surface area contributed by atoms with Crippen molar-refractivity contribution in [1.29, 1.82) is 0 Å². The minimum absolute atomic E-state index is 0.0455. The van der Waals surface area contributed by atoms with Gasteiger partial charge in [-0.1, -0.05) is 19.1 Å². The number of thioether (sulfide) groups is 1. The second-order valence-electron chi connectivity index (χ2n) is 4.87. The molecule has 0 saturated carbocycles. The summed E-state index contributed by atoms with van der Waals surface area (Å²) in [7, 11) is 1.67. The molecule has 2 unspecified atom stereocenters. The summed E-state index contributed by atoms with van der Waals surface area (Å²) in [4.78, 5) is 12.5. The molecule has 20 heavy (non-hydrogen) atoms. The van der Waals surface area contributed by atoms with E-state index in [-0.39, 0.29) is 17.9 Å². The van der Waals surface area contributed by atoms with Crippen molar-refractivity contribution < 1.29 is 9.53 Å². The van der Waals surface area contributed by atoms with Gasteiger partial charge in [-0.05, 0) is 30.4 Å². The second kappa shape index (κ2) is 6.81. The van der Waals surface area contributed by atoms with Gasteiger partial charge in [0.25, 0.3) is 0 Å². The fourth-order valence-corrected chi connectivity index (χ4v) is 2.64. The van der Waals surface area contributed by atoms with Crippen molar-refractivity contribution in [3.05, 3.63) is 29.8 Å². The lowest BCUT2D eigenvalue weighted by atomic mass is 9.96. The normalized spacial score (nSPS) is 22.9. The first kappa shape index (κ1) is 14.9. The molecule has 0 aromatic heterocycles. The number of amides is 1. The van der Waals surface area contributed by atoms with Crippen LogP contribution in [-0.2, 0) is 4.79 Å². The number of hydrogen-bond acceptors (Lipinski definition) is 4. The molecular formula is C15H20N2O2S. The molecule has 1 aromatic rings. The molecule has 1 aromatic carbocycles. The Labute approximate surface area is 123 Å². The van der Waals surface area contributed by atoms with Gasteiger partial charge in [-0.2, -0.15) is 0 Å². The maximum atomic E-state index is 11.3. The molecule has 1 heterocycles. The van der Waals surface area contributed by atoms with Gasteiger partial charge in [0.05, 0.1) is 7.11 Å². The first-order valence-electron chi connectivity index (χ1n) is 6.58. The van der Waals surface area contributed by atoms with E-state index in [0.717, 1.165) is 11.3 Å². The average Bonchev–Trinajstić information content (AvgIpc) is 2.46. The number of carbonyl (C=O) groups excluding carboxylic acids is 1. The largest absolute Gasteiger partial charge is 0.496 e. The van der Waals surface area contributed by atoms with Crippen LogP contribution < -0.4 is 15.6 Å². The molecule has 4 nitrogen and oxygen atoms in total. The number of hydrazine groups is 1. The monoisotopic (exact) mass is 292 g/mol. The minimum atomic E-state index is 0.0455. The Balaban J connectivity index is 2.15. The Hall–Kier alpha value is -1.46. The van der Waals surface area contributed by atoms with E-state index in [4.69, 9.17) is 4.74 Å². The highest BCUT2D eigenvalue weighted by atomic mass is 32.2. The van der Waals surface area contributed by atoms with Gasteiger partial charge in [0.2, 0.25) is 5.91 Å². The first-order chi connectivity index (χ1) is 9.63. The summed E-state index contributed by atoms with van der Waals surface area (Å²) < 4.78 is 5.38. The molecule has 5 heteroatoms. The van der Waals surface area contributed by atoms with Gasteiger partial charge >= 0.3 is 0 Å². The fourth-order valence-electron chi connectivity index (χ4n) is 2.19. The highest BCUT2D eigenvalue weighted by Gasteiger charge is 2.22. The predicted octanol–water partition coefficient (Wildman–Crippen LogP) is 2.46. The summed E-state index contributed by atoms with van der Waals surface area (Å²) in [5, 5.41) is 0. The van der Waals surface area contributed by atoms with Crippen molar-refractivity contribution in [3.8, 4) is 5.75 Å². The number of carbonyl (C=O) groups is 1. The molecule has 1 saturated heterocycles. The lowest BCUT2D eigenvalue weighted by Gasteiger charge is -2.27. The van der Waals surface area contributed by atoms with Crippen LogP contribution in [0.5, 0.6) is 5.75 Å². The third-order valence-electron chi connectivity index (χ3n) is 3.42. The number of nitrogens with one attached hydrogen (secondary N) is 2. The Bertz CT molecular complexity index is 517. The second-order valence-corrected chi connectivity index (χ2v) is 5.75. The van der Waals surface area contributed by atoms with E-state index in [2.05, 4.69) is 36.2 Å². The Morgan fingerprint density at radius 2 is 2.25 bits per heavy atom. The SMILES string of the molecule is COc1ccc(SC)cc1/C=C/C1NNC(=O)CC1C. The Morgan fingerprint density at radius 1 is 1.45 bits per heavy atom. The molecule has 1 fully saturated rings. The van der Waals surface area contributed by atoms with E-state index in [0.29, 0.717) is 6.42 Å². The van der Waals surface area contributed by atoms with E-state index in [9.17, 15) is 4.79 Å². The van der Waals surface area contributed by atoms with E-state index in [1.807, 2.05) is 18.2 Å². The molecule has 1 aliphatic rings. The highest BCUT2D eigenvalue weighted by Crippen LogP contribution is 2.26. The van der Waals surface area contributed by atoms with E-state index in [1.54, 1.807) is 18.9 Å². The lowest BCUT2D eigenvalue weighted by Crippen LogP contribution is -2.52. The predicted molar refractivity (Wildman–Crippen MR) is 82.7 cm³/mol. The van der Waals surface area contributed by atoms with Gasteiger partial charge < -0.3 is 4.74 Å². The van der Waals surface area contributed by atoms with Crippen LogP contribution in [0.3, 0.4) is 0 Å². The number of benzene rings is 1. The quantitative estimate of drug-likeness (QED) is 0.837. The van der Waals surface area contributed by atoms with Gasteiger partial charge in [0.15, 0.2) is 0 Å². The van der Waals surface area contributed by atoms with Crippen molar-refractivity contribution in [1.82, 2.24) is 10.9 Å². The number of methoxy groups -OCH3 is 1. The van der Waals surface area contributed by atoms with Crippen molar-refractivity contribution >= 4 is 23.7 Å². The summed E-state index contributed by atoms with van der Waals surface area (Å²) in [5.74, 6) is 1.17. The van der Waals surface area contributed by atoms with Gasteiger partial charge in [0, 0.05) is 22.9 Å². The summed E-state index contributed by atoms with van der Waals surface area (Å²) >= 11 is 1.70. The molecule has 2 atom stereocenters. The third kappa shape index (κ3) is 3.55. The summed E-state index contributed by atoms with van der Waals surface area (Å²) in [6.45, 7) is 2.07.